The van der Waals surface area contributed by atoms with Gasteiger partial charge in [-0.1, -0.05) is 175 Å². The fourth-order valence-electron chi connectivity index (χ4n) is 6.31. The molecule has 0 spiro atoms. The van der Waals surface area contributed by atoms with Crippen LogP contribution in [-0.2, 0) is 32.7 Å². The summed E-state index contributed by atoms with van der Waals surface area (Å²) in [4.78, 5) is 37.7. The van der Waals surface area contributed by atoms with Crippen LogP contribution in [0.3, 0.4) is 0 Å². The van der Waals surface area contributed by atoms with Crippen LogP contribution in [0.2, 0.25) is 0 Å². The first-order valence-electron chi connectivity index (χ1n) is 25.6. The molecule has 0 fully saturated rings. The molecule has 2 atom stereocenters. The molecule has 2 unspecified atom stereocenters. The van der Waals surface area contributed by atoms with Crippen molar-refractivity contribution in [3.8, 4) is 0 Å². The van der Waals surface area contributed by atoms with Crippen LogP contribution in [0.1, 0.15) is 181 Å². The number of nitrogens with zero attached hydrogens (tertiary/aromatic N) is 1. The van der Waals surface area contributed by atoms with E-state index in [0.29, 0.717) is 23.9 Å². The fraction of sp³-hybridized carbons (Fsp3) is 0.643. The second-order valence-electron chi connectivity index (χ2n) is 17.8. The Kier molecular flexibility index (Phi) is 44.4. The van der Waals surface area contributed by atoms with E-state index in [4.69, 9.17) is 18.5 Å². The molecule has 0 radical (unpaired) electrons. The van der Waals surface area contributed by atoms with Crippen molar-refractivity contribution < 1.29 is 42.1 Å². The summed E-state index contributed by atoms with van der Waals surface area (Å²) >= 11 is 0. The first kappa shape index (κ1) is 62.7. The molecule has 0 aromatic rings. The van der Waals surface area contributed by atoms with Crippen LogP contribution >= 0.6 is 7.82 Å². The number of quaternary nitrogens is 1. The summed E-state index contributed by atoms with van der Waals surface area (Å²) in [6, 6.07) is 0. The minimum atomic E-state index is -4.65. The number of phosphoric acid groups is 1. The molecule has 0 heterocycles. The third-order valence-corrected chi connectivity index (χ3v) is 11.2. The molecule has 376 valence electrons. The van der Waals surface area contributed by atoms with Crippen molar-refractivity contribution >= 4 is 19.8 Å². The van der Waals surface area contributed by atoms with Gasteiger partial charge in [0, 0.05) is 12.8 Å². The second-order valence-corrected chi connectivity index (χ2v) is 19.2. The quantitative estimate of drug-likeness (QED) is 0.0195. The first-order valence-corrected chi connectivity index (χ1v) is 27.1. The van der Waals surface area contributed by atoms with Crippen LogP contribution in [0.5, 0.6) is 0 Å². The number of rotatable bonds is 45. The van der Waals surface area contributed by atoms with Crippen LogP contribution in [0, 0.1) is 0 Å². The van der Waals surface area contributed by atoms with Crippen LogP contribution in [0.4, 0.5) is 0 Å². The lowest BCUT2D eigenvalue weighted by Crippen LogP contribution is -2.37. The van der Waals surface area contributed by atoms with Crippen molar-refractivity contribution in [1.82, 2.24) is 0 Å². The van der Waals surface area contributed by atoms with E-state index in [0.717, 1.165) is 116 Å². The molecular formula is C56H94NO8P. The molecule has 0 aromatic carbocycles. The van der Waals surface area contributed by atoms with Gasteiger partial charge in [0.1, 0.15) is 19.8 Å². The largest absolute Gasteiger partial charge is 0.756 e. The normalized spacial score (nSPS) is 14.3. The molecule has 0 aliphatic carbocycles. The number of phosphoric ester groups is 1. The number of carbonyl (C=O) groups is 2. The summed E-state index contributed by atoms with van der Waals surface area (Å²) in [6.07, 6.45) is 64.0. The van der Waals surface area contributed by atoms with Crippen LogP contribution < -0.4 is 4.89 Å². The van der Waals surface area contributed by atoms with E-state index in [1.165, 1.54) is 25.7 Å². The third kappa shape index (κ3) is 50.1. The second kappa shape index (κ2) is 46.8. The van der Waals surface area contributed by atoms with E-state index >= 15 is 0 Å². The van der Waals surface area contributed by atoms with Crippen molar-refractivity contribution in [3.63, 3.8) is 0 Å². The highest BCUT2D eigenvalue weighted by Crippen LogP contribution is 2.38. The molecule has 0 aliphatic rings. The summed E-state index contributed by atoms with van der Waals surface area (Å²) in [5.41, 5.74) is 0. The number of likely N-dealkylation sites (N-methyl/N-ethyl adjacent to an activating group) is 1. The van der Waals surface area contributed by atoms with Crippen molar-refractivity contribution in [2.24, 2.45) is 0 Å². The fourth-order valence-corrected chi connectivity index (χ4v) is 7.04. The maximum absolute atomic E-state index is 12.7. The van der Waals surface area contributed by atoms with E-state index in [9.17, 15) is 19.0 Å². The lowest BCUT2D eigenvalue weighted by Gasteiger charge is -2.28. The lowest BCUT2D eigenvalue weighted by molar-refractivity contribution is -0.870. The standard InChI is InChI=1S/C56H94NO8P/c1-6-8-10-12-14-16-18-20-22-24-26-27-28-29-31-33-35-37-39-41-43-45-47-49-56(59)65-54(53-64-66(60,61)63-51-50-57(3,4)5)52-62-55(58)48-46-44-42-40-38-36-34-32-30-25-23-21-19-17-15-13-11-9-7-2/h8,10,14-17,20-23,26-27,29-32,35,37,54H,6-7,9,11-13,18-19,24-25,28,33-34,36,38-53H2,1-5H3/b10-8-,16-14-,17-15-,22-20-,23-21-,27-26-,31-29-,32-30-,37-35-. The highest BCUT2D eigenvalue weighted by atomic mass is 31.2. The number of hydrogen-bond acceptors (Lipinski definition) is 8. The van der Waals surface area contributed by atoms with Crippen molar-refractivity contribution in [3.05, 3.63) is 109 Å². The number of ether oxygens (including phenoxy) is 2. The monoisotopic (exact) mass is 940 g/mol. The van der Waals surface area contributed by atoms with Gasteiger partial charge in [0.2, 0.25) is 0 Å². The Morgan fingerprint density at radius 2 is 0.864 bits per heavy atom. The molecule has 0 aliphatic heterocycles. The minimum Gasteiger partial charge on any atom is -0.756 e. The molecule has 0 amide bonds. The maximum Gasteiger partial charge on any atom is 0.306 e. The molecule has 0 saturated heterocycles. The molecular weight excluding hydrogens is 846 g/mol. The maximum atomic E-state index is 12.7. The van der Waals surface area contributed by atoms with E-state index in [2.05, 4.69) is 123 Å². The summed E-state index contributed by atoms with van der Waals surface area (Å²) < 4.78 is 34.0. The Morgan fingerprint density at radius 1 is 0.485 bits per heavy atom. The van der Waals surface area contributed by atoms with Crippen LogP contribution in [-0.4, -0.2) is 70.0 Å². The number of esters is 2. The van der Waals surface area contributed by atoms with E-state index in [1.807, 2.05) is 21.1 Å². The molecule has 0 saturated carbocycles. The van der Waals surface area contributed by atoms with Gasteiger partial charge in [-0.25, -0.2) is 0 Å². The van der Waals surface area contributed by atoms with Gasteiger partial charge in [0.05, 0.1) is 27.7 Å². The molecule has 0 bridgehead atoms. The summed E-state index contributed by atoms with van der Waals surface area (Å²) in [5, 5.41) is 0. The Labute approximate surface area is 404 Å². The van der Waals surface area contributed by atoms with Crippen molar-refractivity contribution in [2.75, 3.05) is 47.5 Å². The average molecular weight is 940 g/mol. The van der Waals surface area contributed by atoms with Gasteiger partial charge in [-0.05, 0) is 103 Å². The zero-order chi connectivity index (χ0) is 48.5. The van der Waals surface area contributed by atoms with Gasteiger partial charge >= 0.3 is 11.9 Å². The summed E-state index contributed by atoms with van der Waals surface area (Å²) in [5.74, 6) is -0.887. The van der Waals surface area contributed by atoms with Crippen molar-refractivity contribution in [1.29, 1.82) is 0 Å². The molecule has 10 heteroatoms. The lowest BCUT2D eigenvalue weighted by atomic mass is 10.1. The molecule has 66 heavy (non-hydrogen) atoms. The number of allylic oxidation sites excluding steroid dienone is 18. The number of unbranched alkanes of at least 4 members (excludes halogenated alkanes) is 13. The van der Waals surface area contributed by atoms with Gasteiger partial charge < -0.3 is 27.9 Å². The number of hydrogen-bond donors (Lipinski definition) is 0. The van der Waals surface area contributed by atoms with Crippen LogP contribution in [0.25, 0.3) is 0 Å². The Morgan fingerprint density at radius 3 is 1.29 bits per heavy atom. The predicted octanol–water partition coefficient (Wildman–Crippen LogP) is 14.8. The Bertz CT molecular complexity index is 1480. The highest BCUT2D eigenvalue weighted by molar-refractivity contribution is 7.45. The topological polar surface area (TPSA) is 111 Å². The van der Waals surface area contributed by atoms with E-state index < -0.39 is 32.5 Å². The average Bonchev–Trinajstić information content (AvgIpc) is 3.27. The van der Waals surface area contributed by atoms with Gasteiger partial charge in [-0.3, -0.25) is 14.2 Å². The van der Waals surface area contributed by atoms with Gasteiger partial charge in [-0.2, -0.15) is 0 Å². The predicted molar refractivity (Wildman–Crippen MR) is 277 cm³/mol. The Hall–Kier alpha value is -3.33. The highest BCUT2D eigenvalue weighted by Gasteiger charge is 2.21. The third-order valence-electron chi connectivity index (χ3n) is 10.3. The smallest absolute Gasteiger partial charge is 0.306 e. The Balaban J connectivity index is 4.38. The zero-order valence-corrected chi connectivity index (χ0v) is 43.2. The molecule has 9 nitrogen and oxygen atoms in total. The zero-order valence-electron chi connectivity index (χ0n) is 42.3. The van der Waals surface area contributed by atoms with Crippen LogP contribution in [0.15, 0.2) is 109 Å². The molecule has 0 aromatic heterocycles. The van der Waals surface area contributed by atoms with Crippen molar-refractivity contribution in [2.45, 2.75) is 187 Å². The van der Waals surface area contributed by atoms with E-state index in [-0.39, 0.29) is 26.1 Å². The van der Waals surface area contributed by atoms with Gasteiger partial charge in [0.15, 0.2) is 6.10 Å². The molecule has 0 N–H and O–H groups in total. The SMILES string of the molecule is CC/C=C\C/C=C\C/C=C\C/C=C\C/C=C\C/C=C\CCCCCCC(=O)OC(COC(=O)CCCCCCCC/C=C\C/C=C\C/C=C\CCCCC)COP(=O)([O-])OCC[N+](C)(C)C. The minimum absolute atomic E-state index is 0.0452. The number of carbonyl (C=O) groups excluding carboxylic acids is 2. The van der Waals surface area contributed by atoms with Gasteiger partial charge in [0.25, 0.3) is 7.82 Å². The van der Waals surface area contributed by atoms with Gasteiger partial charge in [-0.15, -0.1) is 0 Å². The van der Waals surface area contributed by atoms with E-state index in [1.54, 1.807) is 0 Å². The molecule has 0 rings (SSSR count). The summed E-state index contributed by atoms with van der Waals surface area (Å²) in [6.45, 7) is 4.02. The summed E-state index contributed by atoms with van der Waals surface area (Å²) in [7, 11) is 1.12. The first-order chi connectivity index (χ1) is 32.0.